The monoisotopic (exact) mass is 308 g/mol. The summed E-state index contributed by atoms with van der Waals surface area (Å²) in [4.78, 5) is 11.8. The maximum absolute atomic E-state index is 11.8. The van der Waals surface area contributed by atoms with Gasteiger partial charge < -0.3 is 15.4 Å². The maximum atomic E-state index is 11.8. The molecule has 1 heterocycles. The zero-order valence-electron chi connectivity index (χ0n) is 12.2. The van der Waals surface area contributed by atoms with E-state index in [0.717, 1.165) is 18.8 Å². The Morgan fingerprint density at radius 2 is 2.29 bits per heavy atom. The molecule has 2 fully saturated rings. The van der Waals surface area contributed by atoms with E-state index in [1.165, 1.54) is 32.8 Å². The van der Waals surface area contributed by atoms with E-state index in [4.69, 9.17) is 16.3 Å². The van der Waals surface area contributed by atoms with Crippen LogP contribution in [0.3, 0.4) is 0 Å². The molecule has 0 aromatic heterocycles. The molecule has 1 aliphatic heterocycles. The van der Waals surface area contributed by atoms with Gasteiger partial charge >= 0.3 is 5.97 Å². The van der Waals surface area contributed by atoms with Crippen molar-refractivity contribution in [1.82, 2.24) is 5.32 Å². The number of carbonyl (C=O) groups excluding carboxylic acids is 1. The second-order valence-corrected chi connectivity index (χ2v) is 6.60. The summed E-state index contributed by atoms with van der Waals surface area (Å²) in [5.74, 6) is -0.365. The lowest BCUT2D eigenvalue weighted by molar-refractivity contribution is 0.0602. The third-order valence-electron chi connectivity index (χ3n) is 4.65. The van der Waals surface area contributed by atoms with Gasteiger partial charge in [0, 0.05) is 23.3 Å². The Morgan fingerprint density at radius 3 is 3.00 bits per heavy atom. The summed E-state index contributed by atoms with van der Waals surface area (Å²) in [5, 5.41) is 7.46. The van der Waals surface area contributed by atoms with Crippen molar-refractivity contribution < 1.29 is 9.53 Å². The third kappa shape index (κ3) is 3.33. The SMILES string of the molecule is COC(=O)c1cc(Cl)ccc1NCC1CC2(CCN1)CC2. The summed E-state index contributed by atoms with van der Waals surface area (Å²) in [6.45, 7) is 1.91. The van der Waals surface area contributed by atoms with Crippen molar-refractivity contribution >= 4 is 23.3 Å². The van der Waals surface area contributed by atoms with E-state index < -0.39 is 0 Å². The Balaban J connectivity index is 1.65. The van der Waals surface area contributed by atoms with Gasteiger partial charge in [0.15, 0.2) is 0 Å². The molecule has 3 rings (SSSR count). The molecule has 1 saturated heterocycles. The lowest BCUT2D eigenvalue weighted by atomic mass is 9.89. The number of esters is 1. The fraction of sp³-hybridized carbons (Fsp3) is 0.562. The number of benzene rings is 1. The summed E-state index contributed by atoms with van der Waals surface area (Å²) in [7, 11) is 1.38. The van der Waals surface area contributed by atoms with Gasteiger partial charge in [-0.2, -0.15) is 0 Å². The van der Waals surface area contributed by atoms with Crippen molar-refractivity contribution in [2.75, 3.05) is 25.5 Å². The second-order valence-electron chi connectivity index (χ2n) is 6.17. The van der Waals surface area contributed by atoms with Crippen LogP contribution in [0.5, 0.6) is 0 Å². The summed E-state index contributed by atoms with van der Waals surface area (Å²) >= 11 is 5.96. The number of nitrogens with one attached hydrogen (secondary N) is 2. The Labute approximate surface area is 130 Å². The first kappa shape index (κ1) is 14.7. The molecule has 1 aliphatic carbocycles. The molecule has 114 valence electrons. The van der Waals surface area contributed by atoms with Crippen LogP contribution in [-0.2, 0) is 4.74 Å². The Bertz CT molecular complexity index is 543. The fourth-order valence-electron chi connectivity index (χ4n) is 3.20. The van der Waals surface area contributed by atoms with Gasteiger partial charge in [0.25, 0.3) is 0 Å². The third-order valence-corrected chi connectivity index (χ3v) is 4.89. The summed E-state index contributed by atoms with van der Waals surface area (Å²) in [6.07, 6.45) is 5.28. The van der Waals surface area contributed by atoms with E-state index in [0.29, 0.717) is 22.0 Å². The normalized spacial score (nSPS) is 22.9. The van der Waals surface area contributed by atoms with Gasteiger partial charge in [-0.25, -0.2) is 4.79 Å². The molecule has 4 nitrogen and oxygen atoms in total. The quantitative estimate of drug-likeness (QED) is 0.839. The van der Waals surface area contributed by atoms with Gasteiger partial charge in [-0.05, 0) is 55.8 Å². The van der Waals surface area contributed by atoms with Gasteiger partial charge in [-0.3, -0.25) is 0 Å². The molecule has 2 aliphatic rings. The van der Waals surface area contributed by atoms with Crippen LogP contribution in [0.1, 0.15) is 36.0 Å². The number of methoxy groups -OCH3 is 1. The minimum atomic E-state index is -0.365. The molecule has 1 saturated carbocycles. The van der Waals surface area contributed by atoms with E-state index in [9.17, 15) is 4.79 Å². The van der Waals surface area contributed by atoms with Crippen molar-refractivity contribution in [2.24, 2.45) is 5.41 Å². The minimum Gasteiger partial charge on any atom is -0.465 e. The second kappa shape index (κ2) is 5.85. The first-order valence-corrected chi connectivity index (χ1v) is 7.85. The molecule has 0 radical (unpaired) electrons. The number of rotatable bonds is 4. The van der Waals surface area contributed by atoms with Crippen molar-refractivity contribution in [3.05, 3.63) is 28.8 Å². The number of ether oxygens (including phenoxy) is 1. The number of hydrogen-bond donors (Lipinski definition) is 2. The number of halogens is 1. The first-order chi connectivity index (χ1) is 10.1. The lowest BCUT2D eigenvalue weighted by Crippen LogP contribution is -2.43. The molecule has 2 N–H and O–H groups in total. The number of hydrogen-bond acceptors (Lipinski definition) is 4. The summed E-state index contributed by atoms with van der Waals surface area (Å²) < 4.78 is 4.81. The van der Waals surface area contributed by atoms with Crippen LogP contribution in [0.15, 0.2) is 18.2 Å². The van der Waals surface area contributed by atoms with E-state index in [1.807, 2.05) is 6.07 Å². The summed E-state index contributed by atoms with van der Waals surface area (Å²) in [5.41, 5.74) is 1.88. The zero-order valence-corrected chi connectivity index (χ0v) is 13.0. The van der Waals surface area contributed by atoms with E-state index >= 15 is 0 Å². The highest BCUT2D eigenvalue weighted by atomic mass is 35.5. The highest BCUT2D eigenvalue weighted by molar-refractivity contribution is 6.31. The molecule has 1 aromatic rings. The number of anilines is 1. The Morgan fingerprint density at radius 1 is 1.48 bits per heavy atom. The zero-order chi connectivity index (χ0) is 14.9. The van der Waals surface area contributed by atoms with Gasteiger partial charge in [-0.15, -0.1) is 0 Å². The topological polar surface area (TPSA) is 50.4 Å². The predicted octanol–water partition coefficient (Wildman–Crippen LogP) is 3.07. The van der Waals surface area contributed by atoms with Crippen LogP contribution in [0, 0.1) is 5.41 Å². The molecule has 1 atom stereocenters. The van der Waals surface area contributed by atoms with Crippen LogP contribution >= 0.6 is 11.6 Å². The first-order valence-electron chi connectivity index (χ1n) is 7.47. The van der Waals surface area contributed by atoms with Gasteiger partial charge in [0.05, 0.1) is 12.7 Å². The van der Waals surface area contributed by atoms with Gasteiger partial charge in [0.2, 0.25) is 0 Å². The van der Waals surface area contributed by atoms with Crippen LogP contribution in [0.25, 0.3) is 0 Å². The molecule has 1 aromatic carbocycles. The average Bonchev–Trinajstić information content (AvgIpc) is 3.24. The van der Waals surface area contributed by atoms with Crippen LogP contribution in [0.2, 0.25) is 5.02 Å². The maximum Gasteiger partial charge on any atom is 0.340 e. The molecule has 21 heavy (non-hydrogen) atoms. The van der Waals surface area contributed by atoms with Crippen LogP contribution in [-0.4, -0.2) is 32.2 Å². The molecule has 1 unspecified atom stereocenters. The highest BCUT2D eigenvalue weighted by Crippen LogP contribution is 2.53. The summed E-state index contributed by atoms with van der Waals surface area (Å²) in [6, 6.07) is 5.73. The molecular weight excluding hydrogens is 288 g/mol. The van der Waals surface area contributed by atoms with Gasteiger partial charge in [-0.1, -0.05) is 11.6 Å². The van der Waals surface area contributed by atoms with E-state index in [2.05, 4.69) is 10.6 Å². The smallest absolute Gasteiger partial charge is 0.340 e. The van der Waals surface area contributed by atoms with E-state index in [-0.39, 0.29) is 5.97 Å². The van der Waals surface area contributed by atoms with Gasteiger partial charge in [0.1, 0.15) is 0 Å². The number of carbonyl (C=O) groups is 1. The van der Waals surface area contributed by atoms with E-state index in [1.54, 1.807) is 12.1 Å². The molecule has 0 bridgehead atoms. The van der Waals surface area contributed by atoms with Crippen LogP contribution < -0.4 is 10.6 Å². The molecule has 5 heteroatoms. The highest BCUT2D eigenvalue weighted by Gasteiger charge is 2.45. The lowest BCUT2D eigenvalue weighted by Gasteiger charge is -2.31. The number of piperidine rings is 1. The average molecular weight is 309 g/mol. The Hall–Kier alpha value is -1.26. The van der Waals surface area contributed by atoms with Crippen LogP contribution in [0.4, 0.5) is 5.69 Å². The van der Waals surface area contributed by atoms with Crippen molar-refractivity contribution in [1.29, 1.82) is 0 Å². The predicted molar refractivity (Wildman–Crippen MR) is 84.0 cm³/mol. The van der Waals surface area contributed by atoms with Crippen molar-refractivity contribution in [3.63, 3.8) is 0 Å². The van der Waals surface area contributed by atoms with Crippen molar-refractivity contribution in [3.8, 4) is 0 Å². The molecular formula is C16H21ClN2O2. The van der Waals surface area contributed by atoms with Crippen molar-refractivity contribution in [2.45, 2.75) is 31.7 Å². The fourth-order valence-corrected chi connectivity index (χ4v) is 3.37. The molecule has 0 amide bonds. The Kier molecular flexibility index (Phi) is 4.09. The molecule has 1 spiro atoms. The largest absolute Gasteiger partial charge is 0.465 e. The standard InChI is InChI=1S/C16H21ClN2O2/c1-21-15(20)13-8-11(17)2-3-14(13)19-10-12-9-16(4-5-16)6-7-18-12/h2-3,8,12,18-19H,4-7,9-10H2,1H3. The minimum absolute atomic E-state index is 0.365.